The third-order valence-corrected chi connectivity index (χ3v) is 6.94. The predicted octanol–water partition coefficient (Wildman–Crippen LogP) is 4.99. The molecule has 0 aliphatic rings. The van der Waals surface area contributed by atoms with Gasteiger partial charge in [-0.1, -0.05) is 72.8 Å². The number of hydrogen-bond donors (Lipinski definition) is 1. The Morgan fingerprint density at radius 3 is 2.11 bits per heavy atom. The van der Waals surface area contributed by atoms with E-state index in [2.05, 4.69) is 10.5 Å². The quantitative estimate of drug-likeness (QED) is 0.281. The first-order valence-electron chi connectivity index (χ1n) is 10.7. The van der Waals surface area contributed by atoms with E-state index >= 15 is 0 Å². The fraction of sp³-hybridized carbons (Fsp3) is 0.0370. The van der Waals surface area contributed by atoms with Crippen molar-refractivity contribution >= 4 is 27.8 Å². The van der Waals surface area contributed by atoms with Gasteiger partial charge in [-0.05, 0) is 47.5 Å². The average Bonchev–Trinajstić information content (AvgIpc) is 2.89. The largest absolute Gasteiger partial charge is 0.273 e. The van der Waals surface area contributed by atoms with E-state index in [9.17, 15) is 17.6 Å². The summed E-state index contributed by atoms with van der Waals surface area (Å²) in [6, 6.07) is 29.3. The lowest BCUT2D eigenvalue weighted by Gasteiger charge is -2.26. The monoisotopic (exact) mass is 487 g/mol. The van der Waals surface area contributed by atoms with Crippen LogP contribution in [0.1, 0.15) is 21.5 Å². The molecule has 0 atom stereocenters. The fourth-order valence-electron chi connectivity index (χ4n) is 3.43. The molecule has 176 valence electrons. The lowest BCUT2D eigenvalue weighted by molar-refractivity contribution is 0.0955. The van der Waals surface area contributed by atoms with Crippen LogP contribution in [-0.2, 0) is 16.6 Å². The molecule has 0 saturated heterocycles. The minimum Gasteiger partial charge on any atom is -0.267 e. The van der Waals surface area contributed by atoms with Crippen molar-refractivity contribution in [3.8, 4) is 0 Å². The summed E-state index contributed by atoms with van der Waals surface area (Å²) in [5, 5.41) is 3.94. The van der Waals surface area contributed by atoms with E-state index in [1.165, 1.54) is 53.0 Å². The molecular weight excluding hydrogens is 465 g/mol. The van der Waals surface area contributed by atoms with Crippen molar-refractivity contribution in [1.29, 1.82) is 0 Å². The van der Waals surface area contributed by atoms with Crippen molar-refractivity contribution < 1.29 is 17.6 Å². The zero-order valence-electron chi connectivity index (χ0n) is 18.6. The Hall–Kier alpha value is -4.30. The topological polar surface area (TPSA) is 78.8 Å². The number of carbonyl (C=O) groups excluding carboxylic acids is 1. The summed E-state index contributed by atoms with van der Waals surface area (Å²) in [6.07, 6.45) is 1.38. The highest BCUT2D eigenvalue weighted by atomic mass is 32.2. The van der Waals surface area contributed by atoms with Gasteiger partial charge in [-0.3, -0.25) is 9.10 Å². The van der Waals surface area contributed by atoms with Crippen molar-refractivity contribution in [3.05, 3.63) is 132 Å². The van der Waals surface area contributed by atoms with Crippen LogP contribution in [0.2, 0.25) is 0 Å². The number of nitrogens with one attached hydrogen (secondary N) is 1. The van der Waals surface area contributed by atoms with Crippen LogP contribution in [0.15, 0.2) is 119 Å². The molecule has 4 aromatic carbocycles. The predicted molar refractivity (Wildman–Crippen MR) is 134 cm³/mol. The molecule has 0 aromatic heterocycles. The van der Waals surface area contributed by atoms with E-state index in [1.54, 1.807) is 36.4 Å². The van der Waals surface area contributed by atoms with E-state index < -0.39 is 15.9 Å². The molecular formula is C27H22FN3O3S. The maximum atomic E-state index is 13.7. The minimum absolute atomic E-state index is 0.0290. The van der Waals surface area contributed by atoms with Crippen LogP contribution in [0.4, 0.5) is 10.1 Å². The maximum Gasteiger partial charge on any atom is 0.273 e. The minimum atomic E-state index is -4.00. The van der Waals surface area contributed by atoms with E-state index in [4.69, 9.17) is 0 Å². The van der Waals surface area contributed by atoms with Gasteiger partial charge in [0.25, 0.3) is 15.9 Å². The highest BCUT2D eigenvalue weighted by Crippen LogP contribution is 2.29. The average molecular weight is 488 g/mol. The summed E-state index contributed by atoms with van der Waals surface area (Å²) in [4.78, 5) is 13.1. The number of rotatable bonds is 8. The molecule has 1 N–H and O–H groups in total. The number of halogens is 1. The summed E-state index contributed by atoms with van der Waals surface area (Å²) < 4.78 is 41.6. The molecule has 4 aromatic rings. The molecule has 1 amide bonds. The Morgan fingerprint density at radius 1 is 0.829 bits per heavy atom. The van der Waals surface area contributed by atoms with Crippen LogP contribution >= 0.6 is 0 Å². The van der Waals surface area contributed by atoms with Gasteiger partial charge in [0.15, 0.2) is 0 Å². The van der Waals surface area contributed by atoms with Gasteiger partial charge in [-0.25, -0.2) is 18.2 Å². The number of amides is 1. The smallest absolute Gasteiger partial charge is 0.267 e. The Labute approximate surface area is 203 Å². The normalized spacial score (nSPS) is 11.3. The highest BCUT2D eigenvalue weighted by Gasteiger charge is 2.28. The molecule has 0 heterocycles. The highest BCUT2D eigenvalue weighted by molar-refractivity contribution is 7.92. The van der Waals surface area contributed by atoms with Gasteiger partial charge >= 0.3 is 0 Å². The first kappa shape index (κ1) is 23.8. The van der Waals surface area contributed by atoms with Crippen molar-refractivity contribution in [2.24, 2.45) is 5.10 Å². The zero-order chi connectivity index (χ0) is 24.7. The van der Waals surface area contributed by atoms with Gasteiger partial charge in [0, 0.05) is 0 Å². The lowest BCUT2D eigenvalue weighted by atomic mass is 10.1. The molecule has 4 rings (SSSR count). The number of benzene rings is 4. The molecule has 6 nitrogen and oxygen atoms in total. The molecule has 0 unspecified atom stereocenters. The van der Waals surface area contributed by atoms with Gasteiger partial charge in [0.05, 0.1) is 28.9 Å². The molecule has 0 spiro atoms. The standard InChI is InChI=1S/C27H22FN3O3S/c28-23-17-15-21(16-18-23)19-29-30-27(32)25-13-7-8-14-26(25)31(20-22-9-3-1-4-10-22)35(33,34)24-11-5-2-6-12-24/h1-19H,20H2,(H,30,32)/b29-19-. The Balaban J connectivity index is 1.69. The van der Waals surface area contributed by atoms with Gasteiger partial charge in [-0.15, -0.1) is 0 Å². The first-order valence-corrected chi connectivity index (χ1v) is 12.2. The van der Waals surface area contributed by atoms with Gasteiger partial charge in [0.2, 0.25) is 0 Å². The summed E-state index contributed by atoms with van der Waals surface area (Å²) in [5.74, 6) is -0.960. The van der Waals surface area contributed by atoms with Crippen molar-refractivity contribution in [3.63, 3.8) is 0 Å². The van der Waals surface area contributed by atoms with Gasteiger partial charge in [0.1, 0.15) is 5.82 Å². The van der Waals surface area contributed by atoms with Crippen molar-refractivity contribution in [2.45, 2.75) is 11.4 Å². The van der Waals surface area contributed by atoms with Crippen molar-refractivity contribution in [1.82, 2.24) is 5.43 Å². The molecule has 8 heteroatoms. The number of anilines is 1. The molecule has 35 heavy (non-hydrogen) atoms. The van der Waals surface area contributed by atoms with Crippen LogP contribution in [0.3, 0.4) is 0 Å². The number of para-hydroxylation sites is 1. The summed E-state index contributed by atoms with van der Waals surface area (Å²) in [5.41, 5.74) is 4.14. The molecule has 0 bridgehead atoms. The van der Waals surface area contributed by atoms with Crippen LogP contribution in [0.25, 0.3) is 0 Å². The second kappa shape index (κ2) is 10.8. The van der Waals surface area contributed by atoms with Crippen LogP contribution < -0.4 is 9.73 Å². The fourth-order valence-corrected chi connectivity index (χ4v) is 4.92. The molecule has 0 aliphatic carbocycles. The molecule has 0 radical (unpaired) electrons. The van der Waals surface area contributed by atoms with E-state index in [0.29, 0.717) is 5.56 Å². The SMILES string of the molecule is O=C(N/N=C\c1ccc(F)cc1)c1ccccc1N(Cc1ccccc1)S(=O)(=O)c1ccccc1. The second-order valence-electron chi connectivity index (χ2n) is 7.58. The van der Waals surface area contributed by atoms with Gasteiger partial charge in [-0.2, -0.15) is 5.10 Å². The number of hydrogen-bond acceptors (Lipinski definition) is 4. The van der Waals surface area contributed by atoms with Crippen LogP contribution in [0, 0.1) is 5.82 Å². The summed E-state index contributed by atoms with van der Waals surface area (Å²) in [6.45, 7) is 0.0290. The Bertz CT molecular complexity index is 1430. The maximum absolute atomic E-state index is 13.7. The Kier molecular flexibility index (Phi) is 7.32. The number of carbonyl (C=O) groups is 1. The summed E-state index contributed by atoms with van der Waals surface area (Å²) in [7, 11) is -4.00. The van der Waals surface area contributed by atoms with E-state index in [1.807, 2.05) is 30.3 Å². The third-order valence-electron chi connectivity index (χ3n) is 5.17. The molecule has 0 fully saturated rings. The first-order chi connectivity index (χ1) is 16.9. The number of sulfonamides is 1. The second-order valence-corrected chi connectivity index (χ2v) is 9.44. The number of hydrazone groups is 1. The third kappa shape index (κ3) is 5.80. The van der Waals surface area contributed by atoms with Crippen LogP contribution in [0.5, 0.6) is 0 Å². The molecule has 0 aliphatic heterocycles. The molecule has 0 saturated carbocycles. The van der Waals surface area contributed by atoms with Crippen LogP contribution in [-0.4, -0.2) is 20.5 Å². The number of nitrogens with zero attached hydrogens (tertiary/aromatic N) is 2. The Morgan fingerprint density at radius 2 is 1.43 bits per heavy atom. The summed E-state index contributed by atoms with van der Waals surface area (Å²) >= 11 is 0. The van der Waals surface area contributed by atoms with Crippen molar-refractivity contribution in [2.75, 3.05) is 4.31 Å². The van der Waals surface area contributed by atoms with E-state index in [0.717, 1.165) is 5.56 Å². The van der Waals surface area contributed by atoms with E-state index in [-0.39, 0.29) is 28.5 Å². The lowest BCUT2D eigenvalue weighted by Crippen LogP contribution is -2.33. The van der Waals surface area contributed by atoms with Gasteiger partial charge < -0.3 is 0 Å². The zero-order valence-corrected chi connectivity index (χ0v) is 19.4.